The molecular formula is C31H30ClN7O6S2. The van der Waals surface area contributed by atoms with E-state index in [2.05, 4.69) is 20.0 Å². The fourth-order valence-electron chi connectivity index (χ4n) is 4.90. The van der Waals surface area contributed by atoms with Crippen molar-refractivity contribution in [2.75, 3.05) is 21.4 Å². The Morgan fingerprint density at radius 3 is 2.06 bits per heavy atom. The van der Waals surface area contributed by atoms with Crippen molar-refractivity contribution in [1.29, 1.82) is 0 Å². The molecule has 0 unspecified atom stereocenters. The van der Waals surface area contributed by atoms with E-state index < -0.39 is 31.5 Å². The number of aromatic nitrogens is 4. The number of amides is 1. The van der Waals surface area contributed by atoms with E-state index in [0.29, 0.717) is 22.8 Å². The highest BCUT2D eigenvalue weighted by atomic mass is 35.5. The van der Waals surface area contributed by atoms with Crippen molar-refractivity contribution in [3.05, 3.63) is 117 Å². The Morgan fingerprint density at radius 2 is 1.45 bits per heavy atom. The maximum absolute atomic E-state index is 13.8. The largest absolute Gasteiger partial charge is 0.322 e. The normalized spacial score (nSPS) is 11.7. The number of sulfonamides is 2. The quantitative estimate of drug-likeness (QED) is 0.229. The van der Waals surface area contributed by atoms with Crippen molar-refractivity contribution >= 4 is 54.9 Å². The lowest BCUT2D eigenvalue weighted by atomic mass is 10.2. The van der Waals surface area contributed by atoms with Crippen LogP contribution in [-0.2, 0) is 27.1 Å². The van der Waals surface area contributed by atoms with Gasteiger partial charge in [0, 0.05) is 31.2 Å². The van der Waals surface area contributed by atoms with Gasteiger partial charge in [0.25, 0.3) is 31.5 Å². The van der Waals surface area contributed by atoms with Crippen LogP contribution in [0.2, 0.25) is 5.02 Å². The number of aryl methyl sites for hydroxylation is 2. The molecule has 0 bridgehead atoms. The minimum Gasteiger partial charge on any atom is -0.322 e. The fraction of sp³-hybridized carbons (Fsp3) is 0.161. The summed E-state index contributed by atoms with van der Waals surface area (Å²) in [5, 5.41) is 2.58. The smallest absolute Gasteiger partial charge is 0.296 e. The molecule has 5 rings (SSSR count). The van der Waals surface area contributed by atoms with Gasteiger partial charge < -0.3 is 5.32 Å². The molecule has 5 aromatic rings. The molecule has 3 aromatic carbocycles. The van der Waals surface area contributed by atoms with Crippen molar-refractivity contribution in [1.82, 2.24) is 19.3 Å². The van der Waals surface area contributed by atoms with Gasteiger partial charge in [0.05, 0.1) is 31.8 Å². The lowest BCUT2D eigenvalue weighted by molar-refractivity contribution is 0.102. The van der Waals surface area contributed by atoms with E-state index in [1.54, 1.807) is 68.9 Å². The number of para-hydroxylation sites is 1. The van der Waals surface area contributed by atoms with Gasteiger partial charge in [-0.1, -0.05) is 29.8 Å². The maximum Gasteiger partial charge on any atom is 0.296 e. The number of nitrogens with one attached hydrogen (secondary N) is 2. The third kappa shape index (κ3) is 6.63. The lowest BCUT2D eigenvalue weighted by Crippen LogP contribution is -2.32. The van der Waals surface area contributed by atoms with Crippen LogP contribution in [0.1, 0.15) is 27.4 Å². The molecule has 0 spiro atoms. The van der Waals surface area contributed by atoms with Crippen LogP contribution in [-0.4, -0.2) is 49.1 Å². The van der Waals surface area contributed by atoms with Gasteiger partial charge in [0.2, 0.25) is 5.95 Å². The molecule has 16 heteroatoms. The van der Waals surface area contributed by atoms with Gasteiger partial charge in [-0.3, -0.25) is 18.6 Å². The molecule has 0 aliphatic rings. The summed E-state index contributed by atoms with van der Waals surface area (Å²) in [6, 6.07) is 19.4. The minimum absolute atomic E-state index is 0.0247. The second-order valence-corrected chi connectivity index (χ2v) is 14.6. The maximum atomic E-state index is 13.8. The van der Waals surface area contributed by atoms with Crippen LogP contribution < -0.4 is 19.9 Å². The number of nitrogens with zero attached hydrogens (tertiary/aromatic N) is 5. The number of anilines is 3. The number of benzene rings is 3. The van der Waals surface area contributed by atoms with Crippen molar-refractivity contribution < 1.29 is 21.6 Å². The van der Waals surface area contributed by atoms with Crippen LogP contribution in [0, 0.1) is 20.8 Å². The monoisotopic (exact) mass is 695 g/mol. The van der Waals surface area contributed by atoms with Crippen LogP contribution in [0.4, 0.5) is 17.3 Å². The van der Waals surface area contributed by atoms with E-state index in [1.165, 1.54) is 48.1 Å². The molecule has 2 aromatic heterocycles. The summed E-state index contributed by atoms with van der Waals surface area (Å²) in [6.45, 7) is 5.06. The Balaban J connectivity index is 1.38. The summed E-state index contributed by atoms with van der Waals surface area (Å²) in [7, 11) is -5.46. The highest BCUT2D eigenvalue weighted by Crippen LogP contribution is 2.28. The number of carbonyl (C=O) groups excluding carboxylic acids is 1. The zero-order valence-electron chi connectivity index (χ0n) is 25.9. The fourth-order valence-corrected chi connectivity index (χ4v) is 7.32. The summed E-state index contributed by atoms with van der Waals surface area (Å²) in [5.41, 5.74) is 1.61. The number of halogens is 1. The number of hydrogen-bond donors (Lipinski definition) is 2. The zero-order chi connectivity index (χ0) is 34.3. The summed E-state index contributed by atoms with van der Waals surface area (Å²) in [4.78, 5) is 34.5. The van der Waals surface area contributed by atoms with Gasteiger partial charge in [0.15, 0.2) is 0 Å². The third-order valence-electron chi connectivity index (χ3n) is 7.31. The highest BCUT2D eigenvalue weighted by Gasteiger charge is 2.30. The average molecular weight is 696 g/mol. The lowest BCUT2D eigenvalue weighted by Gasteiger charge is -2.19. The Morgan fingerprint density at radius 1 is 0.851 bits per heavy atom. The summed E-state index contributed by atoms with van der Waals surface area (Å²) in [5.74, 6) is -0.811. The van der Waals surface area contributed by atoms with Crippen molar-refractivity contribution in [3.63, 3.8) is 0 Å². The van der Waals surface area contributed by atoms with Crippen LogP contribution >= 0.6 is 11.6 Å². The van der Waals surface area contributed by atoms with E-state index in [-0.39, 0.29) is 37.7 Å². The SMILES string of the molecule is Cc1cc(C)nc(NS(=O)(=O)c2ccc(NC(=O)c3cc(S(=O)(=O)N(C)c4c(C)n(C)n(-c5ccccc5)c4=O)ccc3Cl)cc2)n1. The van der Waals surface area contributed by atoms with Gasteiger partial charge in [-0.25, -0.2) is 36.2 Å². The predicted octanol–water partition coefficient (Wildman–Crippen LogP) is 4.42. The molecule has 0 aliphatic heterocycles. The molecule has 0 aliphatic carbocycles. The number of carbonyl (C=O) groups is 1. The minimum atomic E-state index is -4.34. The van der Waals surface area contributed by atoms with Crippen LogP contribution in [0.25, 0.3) is 5.69 Å². The first-order valence-electron chi connectivity index (χ1n) is 14.0. The van der Waals surface area contributed by atoms with Gasteiger partial charge in [0.1, 0.15) is 5.69 Å². The summed E-state index contributed by atoms with van der Waals surface area (Å²) < 4.78 is 59.4. The topological polar surface area (TPSA) is 165 Å². The van der Waals surface area contributed by atoms with Crippen LogP contribution in [0.3, 0.4) is 0 Å². The molecule has 244 valence electrons. The molecule has 1 amide bonds. The molecule has 0 saturated heterocycles. The standard InChI is InChI=1S/C31H30ClN7O6S2/c1-19-17-20(2)34-31(33-19)36-46(42,43)24-13-11-22(12-14-24)35-29(40)26-18-25(15-16-27(26)32)47(44,45)38(5)28-21(3)37(4)39(30(28)41)23-9-7-6-8-10-23/h6-18H,1-5H3,(H,35,40)(H,33,34,36). The van der Waals surface area contributed by atoms with Gasteiger partial charge >= 0.3 is 0 Å². The molecule has 0 atom stereocenters. The van der Waals surface area contributed by atoms with Crippen molar-refractivity contribution in [3.8, 4) is 5.69 Å². The first-order chi connectivity index (χ1) is 22.1. The number of hydrogen-bond acceptors (Lipinski definition) is 8. The molecular weight excluding hydrogens is 666 g/mol. The first kappa shape index (κ1) is 33.4. The van der Waals surface area contributed by atoms with Crippen LogP contribution in [0.5, 0.6) is 0 Å². The molecule has 0 radical (unpaired) electrons. The Kier molecular flexibility index (Phi) is 8.99. The summed E-state index contributed by atoms with van der Waals surface area (Å²) in [6.07, 6.45) is 0. The predicted molar refractivity (Wildman–Crippen MR) is 179 cm³/mol. The summed E-state index contributed by atoms with van der Waals surface area (Å²) >= 11 is 6.31. The molecule has 0 saturated carbocycles. The molecule has 13 nitrogen and oxygen atoms in total. The Labute approximate surface area is 276 Å². The van der Waals surface area contributed by atoms with E-state index in [0.717, 1.165) is 10.4 Å². The highest BCUT2D eigenvalue weighted by molar-refractivity contribution is 7.93. The molecule has 2 heterocycles. The number of rotatable bonds is 9. The molecule has 0 fully saturated rings. The Hall–Kier alpha value is -4.99. The van der Waals surface area contributed by atoms with Crippen LogP contribution in [0.15, 0.2) is 93.4 Å². The van der Waals surface area contributed by atoms with Gasteiger partial charge in [-0.05, 0) is 81.4 Å². The van der Waals surface area contributed by atoms with Gasteiger partial charge in [-0.2, -0.15) is 0 Å². The molecule has 2 N–H and O–H groups in total. The average Bonchev–Trinajstić information content (AvgIpc) is 3.23. The molecule has 47 heavy (non-hydrogen) atoms. The second kappa shape index (κ2) is 12.7. The van der Waals surface area contributed by atoms with E-state index in [4.69, 9.17) is 11.6 Å². The first-order valence-corrected chi connectivity index (χ1v) is 17.3. The van der Waals surface area contributed by atoms with E-state index >= 15 is 0 Å². The third-order valence-corrected chi connectivity index (χ3v) is 10.7. The zero-order valence-corrected chi connectivity index (χ0v) is 28.3. The van der Waals surface area contributed by atoms with Crippen molar-refractivity contribution in [2.45, 2.75) is 30.6 Å². The van der Waals surface area contributed by atoms with E-state index in [1.807, 2.05) is 0 Å². The Bertz CT molecular complexity index is 2270. The van der Waals surface area contributed by atoms with Crippen molar-refractivity contribution in [2.24, 2.45) is 7.05 Å². The van der Waals surface area contributed by atoms with Gasteiger partial charge in [-0.15, -0.1) is 0 Å². The van der Waals surface area contributed by atoms with E-state index in [9.17, 15) is 26.4 Å². The second-order valence-electron chi connectivity index (χ2n) is 10.6.